The summed E-state index contributed by atoms with van der Waals surface area (Å²) in [6.07, 6.45) is -1.59. The van der Waals surface area contributed by atoms with E-state index in [1.54, 1.807) is 18.2 Å². The molecule has 106 valence electrons. The molecule has 8 heteroatoms. The quantitative estimate of drug-likeness (QED) is 0.642. The molecule has 0 spiro atoms. The van der Waals surface area contributed by atoms with Crippen molar-refractivity contribution in [1.29, 1.82) is 5.26 Å². The number of anilines is 1. The molecule has 0 unspecified atom stereocenters. The van der Waals surface area contributed by atoms with Gasteiger partial charge in [0.05, 0.1) is 17.3 Å². The van der Waals surface area contributed by atoms with Crippen molar-refractivity contribution in [1.82, 2.24) is 5.32 Å². The van der Waals surface area contributed by atoms with Gasteiger partial charge >= 0.3 is 12.0 Å². The van der Waals surface area contributed by atoms with E-state index in [1.807, 2.05) is 6.07 Å². The zero-order chi connectivity index (χ0) is 15.1. The van der Waals surface area contributed by atoms with Crippen LogP contribution >= 0.6 is 15.9 Å². The third kappa shape index (κ3) is 4.87. The first kappa shape index (κ1) is 15.9. The SMILES string of the molecule is N#Cc1ccc(NC(=O)NCC[C@H](O)C(=O)O)c(Br)c1. The summed E-state index contributed by atoms with van der Waals surface area (Å²) in [5.74, 6) is -1.33. The number of hydrogen-bond acceptors (Lipinski definition) is 4. The monoisotopic (exact) mass is 341 g/mol. The molecule has 0 saturated carbocycles. The number of benzene rings is 1. The smallest absolute Gasteiger partial charge is 0.332 e. The molecule has 2 amide bonds. The number of carbonyl (C=O) groups is 2. The van der Waals surface area contributed by atoms with E-state index in [-0.39, 0.29) is 13.0 Å². The predicted molar refractivity (Wildman–Crippen MR) is 74.1 cm³/mol. The van der Waals surface area contributed by atoms with Gasteiger partial charge in [0.2, 0.25) is 0 Å². The Morgan fingerprint density at radius 3 is 2.70 bits per heavy atom. The van der Waals surface area contributed by atoms with Crippen LogP contribution < -0.4 is 10.6 Å². The van der Waals surface area contributed by atoms with Crippen LogP contribution in [0.4, 0.5) is 10.5 Å². The molecular weight excluding hydrogens is 330 g/mol. The van der Waals surface area contributed by atoms with Gasteiger partial charge in [-0.15, -0.1) is 0 Å². The largest absolute Gasteiger partial charge is 0.479 e. The standard InChI is InChI=1S/C12H12BrN3O4/c13-8-5-7(6-14)1-2-9(8)16-12(20)15-4-3-10(17)11(18)19/h1-2,5,10,17H,3-4H2,(H,18,19)(H2,15,16,20)/t10-/m0/s1. The Labute approximate surface area is 123 Å². The summed E-state index contributed by atoms with van der Waals surface area (Å²) in [7, 11) is 0. The van der Waals surface area contributed by atoms with E-state index >= 15 is 0 Å². The first-order chi connectivity index (χ1) is 9.43. The van der Waals surface area contributed by atoms with Crippen molar-refractivity contribution in [3.8, 4) is 6.07 Å². The number of hydrogen-bond donors (Lipinski definition) is 4. The second-order valence-corrected chi connectivity index (χ2v) is 4.68. The summed E-state index contributed by atoms with van der Waals surface area (Å²) < 4.78 is 0.553. The Morgan fingerprint density at radius 2 is 2.15 bits per heavy atom. The van der Waals surface area contributed by atoms with Crippen molar-refractivity contribution >= 4 is 33.6 Å². The molecule has 1 aromatic carbocycles. The van der Waals surface area contributed by atoms with E-state index < -0.39 is 18.1 Å². The molecule has 20 heavy (non-hydrogen) atoms. The zero-order valence-corrected chi connectivity index (χ0v) is 11.8. The van der Waals surface area contributed by atoms with Crippen LogP contribution in [0, 0.1) is 11.3 Å². The number of nitriles is 1. The van der Waals surface area contributed by atoms with Crippen molar-refractivity contribution < 1.29 is 19.8 Å². The highest BCUT2D eigenvalue weighted by molar-refractivity contribution is 9.10. The molecule has 0 saturated heterocycles. The van der Waals surface area contributed by atoms with E-state index in [0.29, 0.717) is 15.7 Å². The van der Waals surface area contributed by atoms with Crippen LogP contribution in [0.2, 0.25) is 0 Å². The summed E-state index contributed by atoms with van der Waals surface area (Å²) >= 11 is 3.22. The first-order valence-corrected chi connectivity index (χ1v) is 6.38. The molecule has 0 aliphatic heterocycles. The molecule has 0 aromatic heterocycles. The topological polar surface area (TPSA) is 122 Å². The number of carbonyl (C=O) groups excluding carboxylic acids is 1. The molecule has 1 rings (SSSR count). The van der Waals surface area contributed by atoms with Gasteiger partial charge in [-0.3, -0.25) is 0 Å². The average molecular weight is 342 g/mol. The lowest BCUT2D eigenvalue weighted by Gasteiger charge is -2.10. The third-order valence-corrected chi connectivity index (χ3v) is 2.99. The average Bonchev–Trinajstić information content (AvgIpc) is 2.40. The van der Waals surface area contributed by atoms with Crippen molar-refractivity contribution in [3.63, 3.8) is 0 Å². The Hall–Kier alpha value is -2.11. The Bertz CT molecular complexity index is 556. The molecule has 0 fully saturated rings. The molecule has 0 aliphatic rings. The number of nitrogens with one attached hydrogen (secondary N) is 2. The van der Waals surface area contributed by atoms with Crippen molar-refractivity contribution in [2.75, 3.05) is 11.9 Å². The van der Waals surface area contributed by atoms with Gasteiger partial charge in [-0.05, 0) is 34.1 Å². The Morgan fingerprint density at radius 1 is 1.45 bits per heavy atom. The summed E-state index contributed by atoms with van der Waals surface area (Å²) in [4.78, 5) is 21.9. The molecule has 0 radical (unpaired) electrons. The normalized spacial score (nSPS) is 11.2. The number of urea groups is 1. The third-order valence-electron chi connectivity index (χ3n) is 2.33. The maximum Gasteiger partial charge on any atom is 0.332 e. The van der Waals surface area contributed by atoms with Gasteiger partial charge in [0, 0.05) is 17.4 Å². The highest BCUT2D eigenvalue weighted by atomic mass is 79.9. The molecule has 7 nitrogen and oxygen atoms in total. The zero-order valence-electron chi connectivity index (χ0n) is 10.3. The van der Waals surface area contributed by atoms with Crippen LogP contribution in [0.5, 0.6) is 0 Å². The van der Waals surface area contributed by atoms with Gasteiger partial charge in [-0.1, -0.05) is 0 Å². The van der Waals surface area contributed by atoms with Gasteiger partial charge in [0.25, 0.3) is 0 Å². The second kappa shape index (κ2) is 7.47. The number of aliphatic hydroxyl groups excluding tert-OH is 1. The number of rotatable bonds is 5. The van der Waals surface area contributed by atoms with Crippen molar-refractivity contribution in [2.24, 2.45) is 0 Å². The van der Waals surface area contributed by atoms with Gasteiger partial charge in [0.1, 0.15) is 0 Å². The Kier molecular flexibility index (Phi) is 5.96. The number of nitrogens with zero attached hydrogens (tertiary/aromatic N) is 1. The summed E-state index contributed by atoms with van der Waals surface area (Å²) in [6, 6.07) is 6.10. The van der Waals surface area contributed by atoms with E-state index in [2.05, 4.69) is 26.6 Å². The lowest BCUT2D eigenvalue weighted by atomic mass is 10.2. The van der Waals surface area contributed by atoms with Crippen LogP contribution in [0.25, 0.3) is 0 Å². The highest BCUT2D eigenvalue weighted by Crippen LogP contribution is 2.23. The van der Waals surface area contributed by atoms with E-state index in [0.717, 1.165) is 0 Å². The fourth-order valence-corrected chi connectivity index (χ4v) is 1.78. The molecule has 4 N–H and O–H groups in total. The van der Waals surface area contributed by atoms with Gasteiger partial charge in [0.15, 0.2) is 6.10 Å². The van der Waals surface area contributed by atoms with Gasteiger partial charge < -0.3 is 20.8 Å². The minimum Gasteiger partial charge on any atom is -0.479 e. The number of carboxylic acids is 1. The summed E-state index contributed by atoms with van der Waals surface area (Å²) in [5.41, 5.74) is 0.924. The molecular formula is C12H12BrN3O4. The summed E-state index contributed by atoms with van der Waals surface area (Å²) in [5, 5.41) is 31.1. The van der Waals surface area contributed by atoms with Gasteiger partial charge in [-0.2, -0.15) is 5.26 Å². The first-order valence-electron chi connectivity index (χ1n) is 5.59. The number of aliphatic carboxylic acids is 1. The minimum atomic E-state index is -1.50. The van der Waals surface area contributed by atoms with Crippen LogP contribution in [0.15, 0.2) is 22.7 Å². The maximum atomic E-state index is 11.5. The molecule has 0 heterocycles. The molecule has 0 aliphatic carbocycles. The number of halogens is 1. The van der Waals surface area contributed by atoms with Crippen LogP contribution in [0.3, 0.4) is 0 Å². The predicted octanol–water partition coefficient (Wildman–Crippen LogP) is 1.28. The van der Waals surface area contributed by atoms with E-state index in [1.165, 1.54) is 0 Å². The lowest BCUT2D eigenvalue weighted by molar-refractivity contribution is -0.146. The van der Waals surface area contributed by atoms with Crippen molar-refractivity contribution in [3.05, 3.63) is 28.2 Å². The second-order valence-electron chi connectivity index (χ2n) is 3.83. The molecule has 1 aromatic rings. The minimum absolute atomic E-state index is 0.0210. The van der Waals surface area contributed by atoms with E-state index in [9.17, 15) is 9.59 Å². The maximum absolute atomic E-state index is 11.5. The van der Waals surface area contributed by atoms with Crippen LogP contribution in [-0.2, 0) is 4.79 Å². The van der Waals surface area contributed by atoms with Crippen molar-refractivity contribution in [2.45, 2.75) is 12.5 Å². The summed E-state index contributed by atoms with van der Waals surface area (Å²) in [6.45, 7) is 0.0210. The number of aliphatic hydroxyl groups is 1. The number of carboxylic acid groups (broad SMARTS) is 1. The van der Waals surface area contributed by atoms with Crippen LogP contribution in [0.1, 0.15) is 12.0 Å². The van der Waals surface area contributed by atoms with Gasteiger partial charge in [-0.25, -0.2) is 9.59 Å². The molecule has 1 atom stereocenters. The fraction of sp³-hybridized carbons (Fsp3) is 0.250. The number of amides is 2. The lowest BCUT2D eigenvalue weighted by Crippen LogP contribution is -2.33. The van der Waals surface area contributed by atoms with E-state index in [4.69, 9.17) is 15.5 Å². The van der Waals surface area contributed by atoms with Crippen LogP contribution in [-0.4, -0.2) is 34.9 Å². The highest BCUT2D eigenvalue weighted by Gasteiger charge is 2.13. The molecule has 0 bridgehead atoms. The Balaban J connectivity index is 2.47. The fourth-order valence-electron chi connectivity index (χ4n) is 1.30.